The third-order valence-electron chi connectivity index (χ3n) is 8.05. The highest BCUT2D eigenvalue weighted by molar-refractivity contribution is 7.13. The number of phenolic OH excluding ortho intramolecular Hbond substituents is 1. The van der Waals surface area contributed by atoms with Crippen molar-refractivity contribution < 1.29 is 14.3 Å². The zero-order valence-electron chi connectivity index (χ0n) is 22.3. The van der Waals surface area contributed by atoms with E-state index >= 15 is 0 Å². The normalized spacial score (nSPS) is 15.0. The number of aromatic amines is 1. The van der Waals surface area contributed by atoms with Gasteiger partial charge in [-0.15, -0.1) is 11.3 Å². The molecule has 1 amide bonds. The summed E-state index contributed by atoms with van der Waals surface area (Å²) in [4.78, 5) is 26.4. The minimum absolute atomic E-state index is 0.188. The number of hydrogen-bond donors (Lipinski definition) is 4. The zero-order valence-corrected chi connectivity index (χ0v) is 23.2. The Morgan fingerprint density at radius 2 is 2.05 bits per heavy atom. The summed E-state index contributed by atoms with van der Waals surface area (Å²) in [5.74, 6) is 0.840. The molecule has 1 atom stereocenters. The molecule has 4 heterocycles. The Morgan fingerprint density at radius 3 is 2.83 bits per heavy atom. The van der Waals surface area contributed by atoms with Crippen LogP contribution >= 0.6 is 11.3 Å². The number of furan rings is 1. The van der Waals surface area contributed by atoms with Crippen LogP contribution in [0.5, 0.6) is 5.75 Å². The van der Waals surface area contributed by atoms with Gasteiger partial charge in [-0.25, -0.2) is 9.97 Å². The van der Waals surface area contributed by atoms with Crippen molar-refractivity contribution in [1.29, 1.82) is 0 Å². The van der Waals surface area contributed by atoms with E-state index in [9.17, 15) is 9.90 Å². The number of aromatic hydroxyl groups is 1. The van der Waals surface area contributed by atoms with Crippen molar-refractivity contribution in [2.24, 2.45) is 0 Å². The smallest absolute Gasteiger partial charge is 0.251 e. The summed E-state index contributed by atoms with van der Waals surface area (Å²) in [6.07, 6.45) is 11.7. The molecule has 0 aliphatic heterocycles. The van der Waals surface area contributed by atoms with E-state index in [1.54, 1.807) is 24.7 Å². The molecule has 7 rings (SSSR count). The number of hydrogen-bond acceptors (Lipinski definition) is 7. The molecule has 2 aromatic carbocycles. The van der Waals surface area contributed by atoms with Crippen molar-refractivity contribution in [1.82, 2.24) is 24.8 Å². The standard InChI is InChI=1S/C31H30N6O3S/c32-31-36-27(17-41-31)25(13-20-15-33-24-8-7-22(38)14-23(20)24)35-30(39)18-6-9-28-26(12-18)34-29(19-10-11-40-16-19)37(28)21-4-2-1-3-5-21/h6-12,14-17,21,25,33,38H,1-5,13H2,(H2,32,36)(H,35,39)/t25-/m0/s1. The predicted molar refractivity (Wildman–Crippen MR) is 160 cm³/mol. The van der Waals surface area contributed by atoms with Gasteiger partial charge in [0.05, 0.1) is 34.6 Å². The molecule has 6 aromatic rings. The molecule has 0 bridgehead atoms. The molecule has 208 valence electrons. The minimum atomic E-state index is -0.422. The molecule has 0 radical (unpaired) electrons. The number of carbonyl (C=O) groups excluding carboxylic acids is 1. The number of aromatic nitrogens is 4. The van der Waals surface area contributed by atoms with Gasteiger partial charge in [0.15, 0.2) is 5.13 Å². The fourth-order valence-electron chi connectivity index (χ4n) is 6.03. The number of anilines is 1. The van der Waals surface area contributed by atoms with Crippen molar-refractivity contribution in [3.05, 3.63) is 83.4 Å². The first-order valence-corrected chi connectivity index (χ1v) is 14.8. The molecule has 0 unspecified atom stereocenters. The molecule has 1 aliphatic rings. The summed E-state index contributed by atoms with van der Waals surface area (Å²) in [5.41, 5.74) is 11.8. The summed E-state index contributed by atoms with van der Waals surface area (Å²) in [5, 5.41) is 16.4. The highest BCUT2D eigenvalue weighted by Crippen LogP contribution is 2.36. The van der Waals surface area contributed by atoms with Gasteiger partial charge in [-0.3, -0.25) is 4.79 Å². The van der Waals surface area contributed by atoms with Crippen molar-refractivity contribution in [2.75, 3.05) is 5.73 Å². The van der Waals surface area contributed by atoms with Crippen LogP contribution in [0.2, 0.25) is 0 Å². The summed E-state index contributed by atoms with van der Waals surface area (Å²) in [6, 6.07) is 12.8. The second-order valence-corrected chi connectivity index (χ2v) is 11.6. The van der Waals surface area contributed by atoms with Crippen LogP contribution in [0.3, 0.4) is 0 Å². The third-order valence-corrected chi connectivity index (χ3v) is 8.74. The Bertz CT molecular complexity index is 1840. The SMILES string of the molecule is Nc1nc([C@H](Cc2c[nH]c3ccc(O)cc23)NC(=O)c2ccc3c(c2)nc(-c2ccoc2)n3C2CCCCC2)cs1. The van der Waals surface area contributed by atoms with Gasteiger partial charge < -0.3 is 30.1 Å². The average Bonchev–Trinajstić information content (AvgIpc) is 3.79. The molecule has 1 saturated carbocycles. The molecule has 1 aliphatic carbocycles. The number of fused-ring (bicyclic) bond motifs is 2. The number of benzene rings is 2. The topological polar surface area (TPSA) is 135 Å². The van der Waals surface area contributed by atoms with Crippen LogP contribution in [-0.4, -0.2) is 30.5 Å². The van der Waals surface area contributed by atoms with Crippen molar-refractivity contribution >= 4 is 44.3 Å². The second-order valence-electron chi connectivity index (χ2n) is 10.7. The Balaban J connectivity index is 1.22. The van der Waals surface area contributed by atoms with Gasteiger partial charge in [0.25, 0.3) is 5.91 Å². The van der Waals surface area contributed by atoms with Gasteiger partial charge in [0, 0.05) is 40.5 Å². The van der Waals surface area contributed by atoms with Crippen LogP contribution in [0.4, 0.5) is 5.13 Å². The van der Waals surface area contributed by atoms with Gasteiger partial charge in [0.1, 0.15) is 17.8 Å². The van der Waals surface area contributed by atoms with Crippen molar-refractivity contribution in [3.8, 4) is 17.1 Å². The van der Waals surface area contributed by atoms with E-state index in [1.165, 1.54) is 30.6 Å². The number of H-pyrrole nitrogens is 1. The minimum Gasteiger partial charge on any atom is -0.508 e. The Labute approximate surface area is 240 Å². The largest absolute Gasteiger partial charge is 0.508 e. The maximum atomic E-state index is 13.7. The number of nitrogens with two attached hydrogens (primary N) is 1. The van der Waals surface area contributed by atoms with Crippen LogP contribution in [0.1, 0.15) is 65.8 Å². The first kappa shape index (κ1) is 25.4. The first-order valence-electron chi connectivity index (χ1n) is 13.9. The van der Waals surface area contributed by atoms with E-state index in [-0.39, 0.29) is 11.7 Å². The summed E-state index contributed by atoms with van der Waals surface area (Å²) in [7, 11) is 0. The number of amides is 1. The average molecular weight is 567 g/mol. The summed E-state index contributed by atoms with van der Waals surface area (Å²) >= 11 is 1.34. The Hall–Kier alpha value is -4.57. The lowest BCUT2D eigenvalue weighted by Crippen LogP contribution is -2.30. The maximum Gasteiger partial charge on any atom is 0.251 e. The van der Waals surface area contributed by atoms with Gasteiger partial charge in [-0.05, 0) is 60.9 Å². The van der Waals surface area contributed by atoms with Crippen LogP contribution in [0.15, 0.2) is 71.0 Å². The highest BCUT2D eigenvalue weighted by atomic mass is 32.1. The van der Waals surface area contributed by atoms with E-state index in [0.717, 1.165) is 51.7 Å². The van der Waals surface area contributed by atoms with Gasteiger partial charge in [-0.1, -0.05) is 19.3 Å². The van der Waals surface area contributed by atoms with Crippen LogP contribution < -0.4 is 11.1 Å². The fraction of sp³-hybridized carbons (Fsp3) is 0.258. The Morgan fingerprint density at radius 1 is 1.17 bits per heavy atom. The maximum absolute atomic E-state index is 13.7. The lowest BCUT2D eigenvalue weighted by molar-refractivity contribution is 0.0936. The summed E-state index contributed by atoms with van der Waals surface area (Å²) in [6.45, 7) is 0. The summed E-state index contributed by atoms with van der Waals surface area (Å²) < 4.78 is 7.71. The van der Waals surface area contributed by atoms with Crippen molar-refractivity contribution in [3.63, 3.8) is 0 Å². The number of rotatable bonds is 7. The number of thiazole rings is 1. The number of imidazole rings is 1. The van der Waals surface area contributed by atoms with Crippen LogP contribution in [0, 0.1) is 0 Å². The van der Waals surface area contributed by atoms with Gasteiger partial charge in [0.2, 0.25) is 0 Å². The molecule has 0 spiro atoms. The molecule has 41 heavy (non-hydrogen) atoms. The number of nitrogens with one attached hydrogen (secondary N) is 2. The third kappa shape index (κ3) is 4.84. The first-order chi connectivity index (χ1) is 20.0. The van der Waals surface area contributed by atoms with Crippen LogP contribution in [-0.2, 0) is 6.42 Å². The van der Waals surface area contributed by atoms with Crippen LogP contribution in [0.25, 0.3) is 33.3 Å². The Kier molecular flexibility index (Phi) is 6.47. The van der Waals surface area contributed by atoms with E-state index in [4.69, 9.17) is 15.1 Å². The molecule has 1 fully saturated rings. The molecule has 0 saturated heterocycles. The lowest BCUT2D eigenvalue weighted by Gasteiger charge is -2.25. The molecular weight excluding hydrogens is 536 g/mol. The molecule has 5 N–H and O–H groups in total. The molecular formula is C31H30N6O3S. The van der Waals surface area contributed by atoms with Gasteiger partial charge in [-0.2, -0.15) is 0 Å². The highest BCUT2D eigenvalue weighted by Gasteiger charge is 2.25. The lowest BCUT2D eigenvalue weighted by atomic mass is 9.95. The van der Waals surface area contributed by atoms with Gasteiger partial charge >= 0.3 is 0 Å². The number of nitrogens with zero attached hydrogens (tertiary/aromatic N) is 3. The molecule has 9 nitrogen and oxygen atoms in total. The van der Waals surface area contributed by atoms with E-state index in [0.29, 0.717) is 28.9 Å². The molecule has 4 aromatic heterocycles. The monoisotopic (exact) mass is 566 g/mol. The van der Waals surface area contributed by atoms with E-state index in [1.807, 2.05) is 41.9 Å². The number of phenols is 1. The van der Waals surface area contributed by atoms with E-state index in [2.05, 4.69) is 19.9 Å². The molecule has 10 heteroatoms. The zero-order chi connectivity index (χ0) is 27.9. The van der Waals surface area contributed by atoms with E-state index < -0.39 is 6.04 Å². The quantitative estimate of drug-likeness (QED) is 0.169. The fourth-order valence-corrected chi connectivity index (χ4v) is 6.65. The number of nitrogen functional groups attached to an aromatic ring is 1. The second kappa shape index (κ2) is 10.4. The van der Waals surface area contributed by atoms with Crippen molar-refractivity contribution in [2.45, 2.75) is 50.6 Å². The predicted octanol–water partition coefficient (Wildman–Crippen LogP) is 6.74. The number of carbonyl (C=O) groups is 1.